The lowest BCUT2D eigenvalue weighted by Crippen LogP contribution is -2.46. The van der Waals surface area contributed by atoms with Crippen LogP contribution in [0.3, 0.4) is 0 Å². The molecule has 0 radical (unpaired) electrons. The number of benzene rings is 1. The maximum absolute atomic E-state index is 11.8. The van der Waals surface area contributed by atoms with Gasteiger partial charge in [0.2, 0.25) is 0 Å². The molecule has 0 heterocycles. The highest BCUT2D eigenvalue weighted by Crippen LogP contribution is 2.42. The van der Waals surface area contributed by atoms with E-state index in [1.807, 2.05) is 11.8 Å². The molecule has 0 bridgehead atoms. The average molecular weight is 312 g/mol. The molecule has 1 saturated carbocycles. The standard InChI is InChI=1S/C14H20N2O2S2/c1-19-14(8-3-9-14)10-15-13(17)16-11-4-6-12(7-5-11)20(2)18/h4-7H,3,8-10H2,1-2H3,(H2,15,16,17). The molecule has 0 aromatic heterocycles. The summed E-state index contributed by atoms with van der Waals surface area (Å²) in [6, 6.07) is 6.88. The molecule has 20 heavy (non-hydrogen) atoms. The maximum Gasteiger partial charge on any atom is 0.319 e. The van der Waals surface area contributed by atoms with E-state index in [9.17, 15) is 9.00 Å². The van der Waals surface area contributed by atoms with Gasteiger partial charge in [0.25, 0.3) is 0 Å². The van der Waals surface area contributed by atoms with E-state index in [4.69, 9.17) is 0 Å². The van der Waals surface area contributed by atoms with Crippen molar-refractivity contribution in [3.63, 3.8) is 0 Å². The Hall–Kier alpha value is -1.01. The van der Waals surface area contributed by atoms with Crippen molar-refractivity contribution in [2.75, 3.05) is 24.4 Å². The van der Waals surface area contributed by atoms with Crippen LogP contribution in [-0.4, -0.2) is 34.0 Å². The molecule has 1 aromatic carbocycles. The highest BCUT2D eigenvalue weighted by atomic mass is 32.2. The van der Waals surface area contributed by atoms with Gasteiger partial charge in [0.1, 0.15) is 0 Å². The Balaban J connectivity index is 1.83. The number of carbonyl (C=O) groups is 1. The Morgan fingerprint density at radius 2 is 2.00 bits per heavy atom. The molecule has 1 atom stereocenters. The van der Waals surface area contributed by atoms with Crippen molar-refractivity contribution in [3.8, 4) is 0 Å². The summed E-state index contributed by atoms with van der Waals surface area (Å²) in [5.74, 6) is 0. The minimum absolute atomic E-state index is 0.185. The molecule has 1 aliphatic rings. The summed E-state index contributed by atoms with van der Waals surface area (Å²) in [5, 5.41) is 5.73. The molecule has 2 N–H and O–H groups in total. The molecular weight excluding hydrogens is 292 g/mol. The monoisotopic (exact) mass is 312 g/mol. The first-order valence-corrected chi connectivity index (χ1v) is 9.36. The van der Waals surface area contributed by atoms with Gasteiger partial charge in [-0.25, -0.2) is 4.79 Å². The summed E-state index contributed by atoms with van der Waals surface area (Å²) in [7, 11) is -0.991. The van der Waals surface area contributed by atoms with Crippen molar-refractivity contribution in [2.24, 2.45) is 0 Å². The van der Waals surface area contributed by atoms with Crippen molar-refractivity contribution in [1.29, 1.82) is 0 Å². The molecule has 1 aliphatic carbocycles. The first-order chi connectivity index (χ1) is 9.54. The summed E-state index contributed by atoms with van der Waals surface area (Å²) in [6.07, 6.45) is 7.33. The van der Waals surface area contributed by atoms with Gasteiger partial charge in [0.05, 0.1) is 0 Å². The minimum Gasteiger partial charge on any atom is -0.336 e. The fourth-order valence-electron chi connectivity index (χ4n) is 2.17. The molecule has 6 heteroatoms. The predicted molar refractivity (Wildman–Crippen MR) is 85.9 cm³/mol. The van der Waals surface area contributed by atoms with Crippen molar-refractivity contribution in [2.45, 2.75) is 28.9 Å². The molecule has 2 amide bonds. The SMILES string of the molecule is CSC1(CNC(=O)Nc2ccc(S(C)=O)cc2)CCC1. The van der Waals surface area contributed by atoms with Crippen LogP contribution < -0.4 is 10.6 Å². The molecule has 2 rings (SSSR count). The molecule has 0 saturated heterocycles. The first kappa shape index (κ1) is 15.4. The lowest BCUT2D eigenvalue weighted by Gasteiger charge is -2.40. The second kappa shape index (κ2) is 6.63. The Kier molecular flexibility index (Phi) is 5.10. The van der Waals surface area contributed by atoms with Gasteiger partial charge in [-0.1, -0.05) is 6.42 Å². The van der Waals surface area contributed by atoms with Gasteiger partial charge in [0, 0.05) is 38.9 Å². The Bertz CT molecular complexity index is 493. The molecule has 1 fully saturated rings. The first-order valence-electron chi connectivity index (χ1n) is 6.58. The van der Waals surface area contributed by atoms with Crippen molar-refractivity contribution >= 4 is 34.3 Å². The molecular formula is C14H20N2O2S2. The predicted octanol–water partition coefficient (Wildman–Crippen LogP) is 2.83. The van der Waals surface area contributed by atoms with Gasteiger partial charge in [-0.05, 0) is 43.4 Å². The van der Waals surface area contributed by atoms with Gasteiger partial charge in [-0.15, -0.1) is 0 Å². The van der Waals surface area contributed by atoms with Crippen LogP contribution in [0.1, 0.15) is 19.3 Å². The number of thioether (sulfide) groups is 1. The smallest absolute Gasteiger partial charge is 0.319 e. The molecule has 0 aliphatic heterocycles. The summed E-state index contributed by atoms with van der Waals surface area (Å²) in [5.41, 5.74) is 0.712. The minimum atomic E-state index is -0.991. The number of hydrogen-bond acceptors (Lipinski definition) is 3. The largest absolute Gasteiger partial charge is 0.336 e. The van der Waals surface area contributed by atoms with E-state index in [0.29, 0.717) is 12.2 Å². The number of urea groups is 1. The van der Waals surface area contributed by atoms with Crippen LogP contribution in [0.25, 0.3) is 0 Å². The molecule has 1 aromatic rings. The van der Waals surface area contributed by atoms with E-state index >= 15 is 0 Å². The summed E-state index contributed by atoms with van der Waals surface area (Å²) >= 11 is 1.84. The Labute approximate surface area is 126 Å². The number of rotatable bonds is 5. The van der Waals surface area contributed by atoms with Gasteiger partial charge in [-0.3, -0.25) is 4.21 Å². The molecule has 1 unspecified atom stereocenters. The van der Waals surface area contributed by atoms with E-state index in [-0.39, 0.29) is 10.8 Å². The third-order valence-electron chi connectivity index (χ3n) is 3.71. The van der Waals surface area contributed by atoms with Crippen molar-refractivity contribution < 1.29 is 9.00 Å². The zero-order valence-corrected chi connectivity index (χ0v) is 13.4. The maximum atomic E-state index is 11.8. The number of anilines is 1. The summed E-state index contributed by atoms with van der Waals surface area (Å²) < 4.78 is 11.5. The normalized spacial score (nSPS) is 17.9. The zero-order valence-electron chi connectivity index (χ0n) is 11.8. The summed E-state index contributed by atoms with van der Waals surface area (Å²) in [6.45, 7) is 0.705. The van der Waals surface area contributed by atoms with Crippen LogP contribution in [0.4, 0.5) is 10.5 Å². The molecule has 0 spiro atoms. The molecule has 110 valence electrons. The lowest BCUT2D eigenvalue weighted by molar-refractivity contribution is 0.247. The van der Waals surface area contributed by atoms with Crippen LogP contribution in [0.5, 0.6) is 0 Å². The number of carbonyl (C=O) groups excluding carboxylic acids is 1. The quantitative estimate of drug-likeness (QED) is 0.879. The van der Waals surface area contributed by atoms with E-state index in [1.165, 1.54) is 19.3 Å². The highest BCUT2D eigenvalue weighted by molar-refractivity contribution is 8.00. The van der Waals surface area contributed by atoms with Crippen LogP contribution in [0, 0.1) is 0 Å². The number of hydrogen-bond donors (Lipinski definition) is 2. The lowest BCUT2D eigenvalue weighted by atomic mass is 9.84. The summed E-state index contributed by atoms with van der Waals surface area (Å²) in [4.78, 5) is 12.6. The van der Waals surface area contributed by atoms with E-state index in [0.717, 1.165) is 4.90 Å². The van der Waals surface area contributed by atoms with Gasteiger partial charge in [-0.2, -0.15) is 11.8 Å². The third-order valence-corrected chi connectivity index (χ3v) is 6.07. The average Bonchev–Trinajstić information content (AvgIpc) is 2.38. The fourth-order valence-corrected chi connectivity index (χ4v) is 3.60. The second-order valence-electron chi connectivity index (χ2n) is 5.03. The van der Waals surface area contributed by atoms with E-state index in [2.05, 4.69) is 16.9 Å². The van der Waals surface area contributed by atoms with Gasteiger partial charge in [0.15, 0.2) is 0 Å². The second-order valence-corrected chi connectivity index (χ2v) is 7.68. The Morgan fingerprint density at radius 3 is 2.45 bits per heavy atom. The third kappa shape index (κ3) is 3.76. The van der Waals surface area contributed by atoms with Crippen molar-refractivity contribution in [3.05, 3.63) is 24.3 Å². The van der Waals surface area contributed by atoms with Crippen LogP contribution in [0.15, 0.2) is 29.2 Å². The van der Waals surface area contributed by atoms with Crippen LogP contribution in [0.2, 0.25) is 0 Å². The van der Waals surface area contributed by atoms with E-state index < -0.39 is 10.8 Å². The Morgan fingerprint density at radius 1 is 1.35 bits per heavy atom. The van der Waals surface area contributed by atoms with Crippen molar-refractivity contribution in [1.82, 2.24) is 5.32 Å². The molecule has 4 nitrogen and oxygen atoms in total. The zero-order chi connectivity index (χ0) is 14.6. The number of amides is 2. The fraction of sp³-hybridized carbons (Fsp3) is 0.500. The highest BCUT2D eigenvalue weighted by Gasteiger charge is 2.36. The van der Waals surface area contributed by atoms with Crippen LogP contribution in [-0.2, 0) is 10.8 Å². The van der Waals surface area contributed by atoms with Gasteiger partial charge >= 0.3 is 6.03 Å². The van der Waals surface area contributed by atoms with E-state index in [1.54, 1.807) is 30.5 Å². The van der Waals surface area contributed by atoms with Crippen LogP contribution >= 0.6 is 11.8 Å². The number of nitrogens with one attached hydrogen (secondary N) is 2. The van der Waals surface area contributed by atoms with Gasteiger partial charge < -0.3 is 10.6 Å². The topological polar surface area (TPSA) is 58.2 Å².